The van der Waals surface area contributed by atoms with Crippen LogP contribution < -0.4 is 10.6 Å². The maximum Gasteiger partial charge on any atom is 0.234 e. The van der Waals surface area contributed by atoms with Crippen LogP contribution in [-0.2, 0) is 9.59 Å². The van der Waals surface area contributed by atoms with Crippen molar-refractivity contribution in [2.24, 2.45) is 0 Å². The lowest BCUT2D eigenvalue weighted by Crippen LogP contribution is -2.44. The van der Waals surface area contributed by atoms with E-state index in [1.165, 1.54) is 0 Å². The predicted molar refractivity (Wildman–Crippen MR) is 96.1 cm³/mol. The van der Waals surface area contributed by atoms with Crippen molar-refractivity contribution in [2.45, 2.75) is 39.8 Å². The first-order valence-electron chi connectivity index (χ1n) is 7.88. The van der Waals surface area contributed by atoms with E-state index >= 15 is 0 Å². The van der Waals surface area contributed by atoms with Crippen LogP contribution in [0.5, 0.6) is 0 Å². The van der Waals surface area contributed by atoms with Crippen LogP contribution in [0.25, 0.3) is 0 Å². The van der Waals surface area contributed by atoms with Crippen molar-refractivity contribution >= 4 is 27.7 Å². The first-order valence-corrected chi connectivity index (χ1v) is 8.67. The summed E-state index contributed by atoms with van der Waals surface area (Å²) in [5.41, 5.74) is 1.04. The summed E-state index contributed by atoms with van der Waals surface area (Å²) in [5.74, 6) is -0.143. The van der Waals surface area contributed by atoms with E-state index in [1.54, 1.807) is 0 Å². The third kappa shape index (κ3) is 7.61. The first-order chi connectivity index (χ1) is 10.8. The highest BCUT2D eigenvalue weighted by molar-refractivity contribution is 9.10. The topological polar surface area (TPSA) is 61.4 Å². The van der Waals surface area contributed by atoms with Gasteiger partial charge < -0.3 is 10.6 Å². The Labute approximate surface area is 146 Å². The van der Waals surface area contributed by atoms with Crippen molar-refractivity contribution in [1.82, 2.24) is 15.5 Å². The Balaban J connectivity index is 2.49. The molecule has 1 unspecified atom stereocenters. The van der Waals surface area contributed by atoms with E-state index in [0.717, 1.165) is 10.0 Å². The molecule has 0 saturated heterocycles. The zero-order valence-electron chi connectivity index (χ0n) is 14.2. The van der Waals surface area contributed by atoms with E-state index in [0.29, 0.717) is 6.54 Å². The normalized spacial score (nSPS) is 12.3. The molecule has 1 aromatic rings. The van der Waals surface area contributed by atoms with E-state index in [4.69, 9.17) is 0 Å². The van der Waals surface area contributed by atoms with Crippen LogP contribution in [-0.4, -0.2) is 42.4 Å². The first kappa shape index (κ1) is 19.6. The molecule has 0 saturated carbocycles. The Kier molecular flexibility index (Phi) is 8.26. The number of carbonyl (C=O) groups excluding carboxylic acids is 2. The second-order valence-corrected chi connectivity index (χ2v) is 6.78. The van der Waals surface area contributed by atoms with Crippen LogP contribution in [0, 0.1) is 0 Å². The molecule has 0 aliphatic rings. The van der Waals surface area contributed by atoms with Gasteiger partial charge in [-0.3, -0.25) is 14.5 Å². The molecule has 0 bridgehead atoms. The summed E-state index contributed by atoms with van der Waals surface area (Å²) in [6.07, 6.45) is 0. The molecule has 23 heavy (non-hydrogen) atoms. The van der Waals surface area contributed by atoms with Gasteiger partial charge in [0.05, 0.1) is 19.1 Å². The number of rotatable bonds is 8. The maximum atomic E-state index is 12.2. The number of halogens is 1. The predicted octanol–water partition coefficient (Wildman–Crippen LogP) is 2.47. The van der Waals surface area contributed by atoms with Gasteiger partial charge in [0.1, 0.15) is 0 Å². The van der Waals surface area contributed by atoms with Crippen LogP contribution in [0.2, 0.25) is 0 Å². The fraction of sp³-hybridized carbons (Fsp3) is 0.529. The van der Waals surface area contributed by atoms with Gasteiger partial charge in [-0.1, -0.05) is 35.0 Å². The Hall–Kier alpha value is -1.40. The van der Waals surface area contributed by atoms with Gasteiger partial charge in [0.2, 0.25) is 11.8 Å². The van der Waals surface area contributed by atoms with Crippen LogP contribution >= 0.6 is 15.9 Å². The fourth-order valence-electron chi connectivity index (χ4n) is 2.18. The fourth-order valence-corrected chi connectivity index (χ4v) is 2.44. The van der Waals surface area contributed by atoms with Gasteiger partial charge >= 0.3 is 0 Å². The Morgan fingerprint density at radius 1 is 1.04 bits per heavy atom. The Morgan fingerprint density at radius 2 is 1.57 bits per heavy atom. The number of likely N-dealkylation sites (N-methyl/N-ethyl adjacent to an activating group) is 1. The van der Waals surface area contributed by atoms with Crippen molar-refractivity contribution < 1.29 is 9.59 Å². The van der Waals surface area contributed by atoms with Crippen LogP contribution in [0.3, 0.4) is 0 Å². The monoisotopic (exact) mass is 383 g/mol. The number of hydrogen-bond acceptors (Lipinski definition) is 3. The number of amides is 2. The molecule has 0 spiro atoms. The van der Waals surface area contributed by atoms with E-state index < -0.39 is 0 Å². The summed E-state index contributed by atoms with van der Waals surface area (Å²) in [4.78, 5) is 25.8. The molecule has 0 radical (unpaired) electrons. The number of carbonyl (C=O) groups is 2. The zero-order valence-corrected chi connectivity index (χ0v) is 15.8. The summed E-state index contributed by atoms with van der Waals surface area (Å²) in [6, 6.07) is 7.89. The molecule has 2 N–H and O–H groups in total. The minimum absolute atomic E-state index is 0.0596. The molecule has 1 aromatic carbocycles. The largest absolute Gasteiger partial charge is 0.353 e. The molecule has 1 atom stereocenters. The van der Waals surface area contributed by atoms with Crippen molar-refractivity contribution in [3.63, 3.8) is 0 Å². The van der Waals surface area contributed by atoms with Crippen molar-refractivity contribution in [2.75, 3.05) is 19.6 Å². The second-order valence-electron chi connectivity index (χ2n) is 5.87. The van der Waals surface area contributed by atoms with Crippen LogP contribution in [0.4, 0.5) is 0 Å². The molecular formula is C17H26BrN3O2. The number of nitrogens with zero attached hydrogens (tertiary/aromatic N) is 1. The molecule has 5 nitrogen and oxygen atoms in total. The zero-order chi connectivity index (χ0) is 17.4. The van der Waals surface area contributed by atoms with E-state index in [9.17, 15) is 9.59 Å². The highest BCUT2D eigenvalue weighted by Crippen LogP contribution is 2.16. The maximum absolute atomic E-state index is 12.2. The highest BCUT2D eigenvalue weighted by Gasteiger charge is 2.15. The van der Waals surface area contributed by atoms with Crippen LogP contribution in [0.1, 0.15) is 39.3 Å². The van der Waals surface area contributed by atoms with Gasteiger partial charge in [0.25, 0.3) is 0 Å². The molecule has 1 rings (SSSR count). The minimum atomic E-state index is -0.0837. The van der Waals surface area contributed by atoms with E-state index in [-0.39, 0.29) is 37.0 Å². The molecule has 6 heteroatoms. The average Bonchev–Trinajstić information content (AvgIpc) is 2.46. The van der Waals surface area contributed by atoms with Gasteiger partial charge in [-0.2, -0.15) is 0 Å². The minimum Gasteiger partial charge on any atom is -0.353 e. The Morgan fingerprint density at radius 3 is 2.04 bits per heavy atom. The van der Waals surface area contributed by atoms with Crippen molar-refractivity contribution in [3.8, 4) is 0 Å². The van der Waals surface area contributed by atoms with Gasteiger partial charge in [-0.15, -0.1) is 0 Å². The molecular weight excluding hydrogens is 358 g/mol. The molecule has 0 heterocycles. The lowest BCUT2D eigenvalue weighted by Gasteiger charge is -2.22. The SMILES string of the molecule is CCN(CC(=O)NC(C)C)CC(=O)NC(C)c1ccc(Br)cc1. The quantitative estimate of drug-likeness (QED) is 0.724. The number of benzene rings is 1. The summed E-state index contributed by atoms with van der Waals surface area (Å²) >= 11 is 3.40. The van der Waals surface area contributed by atoms with Gasteiger partial charge in [0.15, 0.2) is 0 Å². The molecule has 0 fully saturated rings. The summed E-state index contributed by atoms with van der Waals surface area (Å²) in [6.45, 7) is 8.81. The molecule has 0 aliphatic carbocycles. The summed E-state index contributed by atoms with van der Waals surface area (Å²) in [7, 11) is 0. The third-order valence-electron chi connectivity index (χ3n) is 3.38. The smallest absolute Gasteiger partial charge is 0.234 e. The van der Waals surface area contributed by atoms with E-state index in [2.05, 4.69) is 26.6 Å². The lowest BCUT2D eigenvalue weighted by molar-refractivity contribution is -0.125. The van der Waals surface area contributed by atoms with Gasteiger partial charge in [-0.05, 0) is 45.0 Å². The number of hydrogen-bond donors (Lipinski definition) is 2. The summed E-state index contributed by atoms with van der Waals surface area (Å²) in [5, 5.41) is 5.80. The van der Waals surface area contributed by atoms with Crippen molar-refractivity contribution in [1.29, 1.82) is 0 Å². The van der Waals surface area contributed by atoms with E-state index in [1.807, 2.05) is 56.9 Å². The molecule has 128 valence electrons. The molecule has 2 amide bonds. The molecule has 0 aromatic heterocycles. The Bertz CT molecular complexity index is 517. The average molecular weight is 384 g/mol. The third-order valence-corrected chi connectivity index (χ3v) is 3.91. The second kappa shape index (κ2) is 9.67. The number of nitrogens with one attached hydrogen (secondary N) is 2. The van der Waals surface area contributed by atoms with Gasteiger partial charge in [0, 0.05) is 10.5 Å². The molecule has 0 aliphatic heterocycles. The highest BCUT2D eigenvalue weighted by atomic mass is 79.9. The lowest BCUT2D eigenvalue weighted by atomic mass is 10.1. The van der Waals surface area contributed by atoms with Gasteiger partial charge in [-0.25, -0.2) is 0 Å². The summed E-state index contributed by atoms with van der Waals surface area (Å²) < 4.78 is 1.01. The standard InChI is InChI=1S/C17H26BrN3O2/c1-5-21(10-16(22)19-12(2)3)11-17(23)20-13(4)14-6-8-15(18)9-7-14/h6-9,12-13H,5,10-11H2,1-4H3,(H,19,22)(H,20,23). The van der Waals surface area contributed by atoms with Crippen LogP contribution in [0.15, 0.2) is 28.7 Å². The van der Waals surface area contributed by atoms with Crippen molar-refractivity contribution in [3.05, 3.63) is 34.3 Å².